The Morgan fingerprint density at radius 3 is 2.88 bits per heavy atom. The van der Waals surface area contributed by atoms with Crippen LogP contribution < -0.4 is 4.90 Å². The van der Waals surface area contributed by atoms with Crippen molar-refractivity contribution in [2.75, 3.05) is 11.4 Å². The third-order valence-electron chi connectivity index (χ3n) is 3.62. The van der Waals surface area contributed by atoms with E-state index in [1.165, 1.54) is 0 Å². The molecule has 0 bridgehead atoms. The van der Waals surface area contributed by atoms with E-state index in [2.05, 4.69) is 15.6 Å². The maximum Gasteiger partial charge on any atom is 0.232 e. The number of imidazole rings is 1. The van der Waals surface area contributed by atoms with Gasteiger partial charge in [0.05, 0.1) is 11.0 Å². The van der Waals surface area contributed by atoms with Crippen molar-refractivity contribution >= 4 is 22.9 Å². The Bertz CT molecular complexity index is 612. The van der Waals surface area contributed by atoms with Gasteiger partial charge in [0.2, 0.25) is 11.9 Å². The van der Waals surface area contributed by atoms with Crippen LogP contribution in [-0.4, -0.2) is 22.0 Å². The summed E-state index contributed by atoms with van der Waals surface area (Å²) in [7, 11) is 0. The molecule has 1 aliphatic carbocycles. The molecule has 2 heterocycles. The van der Waals surface area contributed by atoms with Gasteiger partial charge in [-0.25, -0.2) is 4.98 Å². The van der Waals surface area contributed by atoms with Gasteiger partial charge in [-0.05, 0) is 25.0 Å². The van der Waals surface area contributed by atoms with Crippen LogP contribution in [0.15, 0.2) is 24.3 Å². The zero-order chi connectivity index (χ0) is 11.4. The van der Waals surface area contributed by atoms with Crippen LogP contribution in [0, 0.1) is 5.92 Å². The van der Waals surface area contributed by atoms with Crippen molar-refractivity contribution in [1.82, 2.24) is 9.55 Å². The molecule has 0 atom stereocenters. The summed E-state index contributed by atoms with van der Waals surface area (Å²) in [4.78, 5) is 18.6. The number of para-hydroxylation sites is 2. The van der Waals surface area contributed by atoms with Gasteiger partial charge < -0.3 is 4.57 Å². The molecule has 0 radical (unpaired) electrons. The summed E-state index contributed by atoms with van der Waals surface area (Å²) in [5.74, 6) is 1.36. The van der Waals surface area contributed by atoms with Crippen molar-refractivity contribution in [2.24, 2.45) is 5.92 Å². The average Bonchev–Trinajstić information content (AvgIpc) is 3.02. The summed E-state index contributed by atoms with van der Waals surface area (Å²) < 4.78 is 2.15. The molecular formula is C13H13N3O. The molecular weight excluding hydrogens is 214 g/mol. The van der Waals surface area contributed by atoms with E-state index < -0.39 is 0 Å². The second kappa shape index (κ2) is 3.09. The number of amides is 1. The third-order valence-corrected chi connectivity index (χ3v) is 3.62. The van der Waals surface area contributed by atoms with Crippen molar-refractivity contribution in [3.05, 3.63) is 24.3 Å². The van der Waals surface area contributed by atoms with Crippen molar-refractivity contribution < 1.29 is 4.79 Å². The highest BCUT2D eigenvalue weighted by Gasteiger charge is 2.37. The average molecular weight is 227 g/mol. The van der Waals surface area contributed by atoms with Crippen LogP contribution in [0.4, 0.5) is 5.95 Å². The predicted molar refractivity (Wildman–Crippen MR) is 64.8 cm³/mol. The Morgan fingerprint density at radius 2 is 2.06 bits per heavy atom. The second-order valence-electron chi connectivity index (χ2n) is 4.82. The molecule has 4 rings (SSSR count). The fourth-order valence-corrected chi connectivity index (χ4v) is 2.55. The molecule has 1 aliphatic heterocycles. The first kappa shape index (κ1) is 9.22. The summed E-state index contributed by atoms with van der Waals surface area (Å²) in [6.07, 6.45) is 2.10. The number of carbonyl (C=O) groups excluding carboxylic acids is 1. The van der Waals surface area contributed by atoms with Crippen LogP contribution in [-0.2, 0) is 11.3 Å². The van der Waals surface area contributed by atoms with Crippen LogP contribution in [0.25, 0.3) is 11.0 Å². The Labute approximate surface area is 98.9 Å². The lowest BCUT2D eigenvalue weighted by molar-refractivity contribution is -0.119. The van der Waals surface area contributed by atoms with Crippen molar-refractivity contribution in [3.63, 3.8) is 0 Å². The first-order valence-corrected chi connectivity index (χ1v) is 6.11. The van der Waals surface area contributed by atoms with Crippen LogP contribution in [0.5, 0.6) is 0 Å². The third kappa shape index (κ3) is 1.24. The molecule has 0 unspecified atom stereocenters. The van der Waals surface area contributed by atoms with Crippen LogP contribution in [0.3, 0.4) is 0 Å². The number of nitrogens with zero attached hydrogens (tertiary/aromatic N) is 3. The van der Waals surface area contributed by atoms with Gasteiger partial charge in [0.25, 0.3) is 0 Å². The number of anilines is 1. The lowest BCUT2D eigenvalue weighted by atomic mass is 10.3. The summed E-state index contributed by atoms with van der Waals surface area (Å²) >= 11 is 0. The molecule has 1 aromatic carbocycles. The Kier molecular flexibility index (Phi) is 1.68. The molecule has 1 aromatic heterocycles. The standard InChI is InChI=1S/C13H13N3O/c17-12(9-5-6-9)16-8-7-15-11-4-2-1-3-10(11)14-13(15)16/h1-4,9H,5-8H2. The topological polar surface area (TPSA) is 38.1 Å². The Hall–Kier alpha value is -1.84. The highest BCUT2D eigenvalue weighted by Crippen LogP contribution is 2.35. The van der Waals surface area contributed by atoms with Crippen LogP contribution >= 0.6 is 0 Å². The van der Waals surface area contributed by atoms with Crippen LogP contribution in [0.2, 0.25) is 0 Å². The lowest BCUT2D eigenvalue weighted by Crippen LogP contribution is -2.30. The molecule has 0 saturated heterocycles. The predicted octanol–water partition coefficient (Wildman–Crippen LogP) is 1.79. The Balaban J connectivity index is 1.83. The highest BCUT2D eigenvalue weighted by atomic mass is 16.2. The largest absolute Gasteiger partial charge is 0.308 e. The molecule has 1 amide bonds. The van der Waals surface area contributed by atoms with E-state index in [0.29, 0.717) is 0 Å². The molecule has 0 spiro atoms. The molecule has 4 nitrogen and oxygen atoms in total. The fourth-order valence-electron chi connectivity index (χ4n) is 2.55. The number of aromatic nitrogens is 2. The molecule has 86 valence electrons. The van der Waals surface area contributed by atoms with E-state index in [9.17, 15) is 4.79 Å². The van der Waals surface area contributed by atoms with Gasteiger partial charge in [0.15, 0.2) is 0 Å². The van der Waals surface area contributed by atoms with E-state index in [0.717, 1.165) is 42.9 Å². The van der Waals surface area contributed by atoms with Crippen LogP contribution in [0.1, 0.15) is 12.8 Å². The zero-order valence-electron chi connectivity index (χ0n) is 9.47. The normalized spacial score (nSPS) is 18.7. The number of hydrogen-bond acceptors (Lipinski definition) is 2. The number of rotatable bonds is 1. The molecule has 2 aromatic rings. The van der Waals surface area contributed by atoms with Gasteiger partial charge in [-0.1, -0.05) is 12.1 Å². The monoisotopic (exact) mass is 227 g/mol. The minimum absolute atomic E-state index is 0.263. The molecule has 1 fully saturated rings. The number of hydrogen-bond donors (Lipinski definition) is 0. The molecule has 1 saturated carbocycles. The molecule has 4 heteroatoms. The van der Waals surface area contributed by atoms with E-state index in [1.807, 2.05) is 23.1 Å². The van der Waals surface area contributed by atoms with E-state index >= 15 is 0 Å². The van der Waals surface area contributed by atoms with Crippen molar-refractivity contribution in [1.29, 1.82) is 0 Å². The van der Waals surface area contributed by atoms with Crippen molar-refractivity contribution in [3.8, 4) is 0 Å². The molecule has 17 heavy (non-hydrogen) atoms. The highest BCUT2D eigenvalue weighted by molar-refractivity contribution is 5.97. The fraction of sp³-hybridized carbons (Fsp3) is 0.385. The quantitative estimate of drug-likeness (QED) is 0.745. The maximum atomic E-state index is 12.1. The van der Waals surface area contributed by atoms with Gasteiger partial charge >= 0.3 is 0 Å². The van der Waals surface area contributed by atoms with Gasteiger partial charge in [-0.2, -0.15) is 0 Å². The van der Waals surface area contributed by atoms with Gasteiger partial charge in [0, 0.05) is 19.0 Å². The summed E-state index contributed by atoms with van der Waals surface area (Å²) in [5.41, 5.74) is 2.12. The van der Waals surface area contributed by atoms with Gasteiger partial charge in [-0.15, -0.1) is 0 Å². The Morgan fingerprint density at radius 1 is 1.24 bits per heavy atom. The SMILES string of the molecule is O=C(C1CC1)N1CCn2c1nc1ccccc12. The van der Waals surface area contributed by atoms with Crippen molar-refractivity contribution in [2.45, 2.75) is 19.4 Å². The first-order chi connectivity index (χ1) is 8.34. The van der Waals surface area contributed by atoms with E-state index in [-0.39, 0.29) is 11.8 Å². The molecule has 2 aliphatic rings. The minimum Gasteiger partial charge on any atom is -0.308 e. The number of fused-ring (bicyclic) bond motifs is 3. The van der Waals surface area contributed by atoms with E-state index in [1.54, 1.807) is 0 Å². The number of benzene rings is 1. The summed E-state index contributed by atoms with van der Waals surface area (Å²) in [6, 6.07) is 8.07. The maximum absolute atomic E-state index is 12.1. The first-order valence-electron chi connectivity index (χ1n) is 6.11. The zero-order valence-corrected chi connectivity index (χ0v) is 9.47. The van der Waals surface area contributed by atoms with Gasteiger partial charge in [0.1, 0.15) is 0 Å². The van der Waals surface area contributed by atoms with Gasteiger partial charge in [-0.3, -0.25) is 9.69 Å². The summed E-state index contributed by atoms with van der Waals surface area (Å²) in [5, 5.41) is 0. The lowest BCUT2D eigenvalue weighted by Gasteiger charge is -2.12. The van der Waals surface area contributed by atoms with E-state index in [4.69, 9.17) is 0 Å². The number of carbonyl (C=O) groups is 1. The smallest absolute Gasteiger partial charge is 0.232 e. The summed E-state index contributed by atoms with van der Waals surface area (Å²) in [6.45, 7) is 1.65. The molecule has 0 N–H and O–H groups in total. The second-order valence-corrected chi connectivity index (χ2v) is 4.82. The minimum atomic E-state index is 0.263.